The molecule has 4 rings (SSSR count). The second kappa shape index (κ2) is 5.82. The van der Waals surface area contributed by atoms with Crippen molar-refractivity contribution in [3.63, 3.8) is 0 Å². The molecule has 1 aliphatic heterocycles. The van der Waals surface area contributed by atoms with Gasteiger partial charge in [-0.25, -0.2) is 4.98 Å². The van der Waals surface area contributed by atoms with E-state index in [0.29, 0.717) is 18.5 Å². The second-order valence-electron chi connectivity index (χ2n) is 6.08. The van der Waals surface area contributed by atoms with Crippen LogP contribution in [0.25, 0.3) is 10.2 Å². The molecule has 4 heterocycles. The van der Waals surface area contributed by atoms with Crippen LogP contribution in [0.2, 0.25) is 0 Å². The Bertz CT molecular complexity index is 999. The number of thiophene rings is 2. The Labute approximate surface area is 147 Å². The van der Waals surface area contributed by atoms with Crippen LogP contribution in [0.4, 0.5) is 0 Å². The summed E-state index contributed by atoms with van der Waals surface area (Å²) in [6.07, 6.45) is 2.39. The first kappa shape index (κ1) is 15.5. The van der Waals surface area contributed by atoms with Gasteiger partial charge in [0, 0.05) is 22.8 Å². The highest BCUT2D eigenvalue weighted by Gasteiger charge is 2.22. The smallest absolute Gasteiger partial charge is 0.262 e. The molecule has 0 atom stereocenters. The molecule has 1 amide bonds. The summed E-state index contributed by atoms with van der Waals surface area (Å²) in [6, 6.07) is 2.08. The van der Waals surface area contributed by atoms with Crippen molar-refractivity contribution in [1.82, 2.24) is 14.5 Å². The van der Waals surface area contributed by atoms with Gasteiger partial charge in [-0.05, 0) is 42.8 Å². The lowest BCUT2D eigenvalue weighted by atomic mass is 10.1. The molecule has 0 saturated heterocycles. The maximum absolute atomic E-state index is 12.7. The minimum atomic E-state index is -0.122. The number of rotatable bonds is 2. The number of aromatic nitrogens is 2. The van der Waals surface area contributed by atoms with E-state index >= 15 is 0 Å². The molecule has 0 bridgehead atoms. The highest BCUT2D eigenvalue weighted by molar-refractivity contribution is 7.18. The molecule has 0 radical (unpaired) electrons. The first-order valence-corrected chi connectivity index (χ1v) is 9.52. The van der Waals surface area contributed by atoms with E-state index in [9.17, 15) is 9.59 Å². The number of nitrogens with zero attached hydrogens (tertiary/aromatic N) is 3. The quantitative estimate of drug-likeness (QED) is 0.707. The van der Waals surface area contributed by atoms with Crippen LogP contribution < -0.4 is 5.56 Å². The summed E-state index contributed by atoms with van der Waals surface area (Å²) >= 11 is 3.27. The summed E-state index contributed by atoms with van der Waals surface area (Å²) in [5.74, 6) is -0.0281. The van der Waals surface area contributed by atoms with Crippen LogP contribution in [0.5, 0.6) is 0 Å². The molecule has 5 nitrogen and oxygen atoms in total. The van der Waals surface area contributed by atoms with E-state index in [4.69, 9.17) is 0 Å². The summed E-state index contributed by atoms with van der Waals surface area (Å²) in [5, 5.41) is 2.72. The highest BCUT2D eigenvalue weighted by Crippen LogP contribution is 2.26. The van der Waals surface area contributed by atoms with Crippen molar-refractivity contribution in [2.24, 2.45) is 0 Å². The van der Waals surface area contributed by atoms with Gasteiger partial charge in [-0.15, -0.1) is 22.7 Å². The summed E-state index contributed by atoms with van der Waals surface area (Å²) < 4.78 is 1.44. The summed E-state index contributed by atoms with van der Waals surface area (Å²) in [4.78, 5) is 34.7. The molecule has 124 valence electrons. The number of hydrogen-bond donors (Lipinski definition) is 0. The average molecular weight is 359 g/mol. The SMILES string of the molecule is Cc1sc2ncn(CC(=O)N3CCc4sccc4C3)c(=O)c2c1C. The molecule has 0 N–H and O–H groups in total. The van der Waals surface area contributed by atoms with Crippen LogP contribution in [0.1, 0.15) is 20.9 Å². The average Bonchev–Trinajstić information content (AvgIpc) is 3.14. The van der Waals surface area contributed by atoms with Crippen LogP contribution in [0.3, 0.4) is 0 Å². The van der Waals surface area contributed by atoms with E-state index in [2.05, 4.69) is 16.4 Å². The van der Waals surface area contributed by atoms with Gasteiger partial charge in [-0.2, -0.15) is 0 Å². The van der Waals surface area contributed by atoms with Gasteiger partial charge in [0.25, 0.3) is 5.56 Å². The van der Waals surface area contributed by atoms with E-state index in [-0.39, 0.29) is 18.0 Å². The van der Waals surface area contributed by atoms with E-state index in [1.54, 1.807) is 11.3 Å². The molecule has 0 fully saturated rings. The monoisotopic (exact) mass is 359 g/mol. The Morgan fingerprint density at radius 1 is 1.38 bits per heavy atom. The van der Waals surface area contributed by atoms with Crippen molar-refractivity contribution >= 4 is 38.8 Å². The maximum atomic E-state index is 12.7. The molecule has 3 aromatic rings. The minimum Gasteiger partial charge on any atom is -0.336 e. The fourth-order valence-corrected chi connectivity index (χ4v) is 4.97. The van der Waals surface area contributed by atoms with E-state index in [1.807, 2.05) is 18.7 Å². The lowest BCUT2D eigenvalue weighted by Gasteiger charge is -2.27. The lowest BCUT2D eigenvalue weighted by molar-refractivity contribution is -0.132. The molecule has 1 aliphatic rings. The zero-order chi connectivity index (χ0) is 16.8. The normalized spacial score (nSPS) is 14.2. The van der Waals surface area contributed by atoms with Gasteiger partial charge in [-0.3, -0.25) is 14.2 Å². The third kappa shape index (κ3) is 2.48. The van der Waals surface area contributed by atoms with Crippen LogP contribution in [-0.4, -0.2) is 26.9 Å². The Kier molecular flexibility index (Phi) is 3.77. The number of fused-ring (bicyclic) bond motifs is 2. The summed E-state index contributed by atoms with van der Waals surface area (Å²) in [6.45, 7) is 5.33. The molecular formula is C17H17N3O2S2. The van der Waals surface area contributed by atoms with E-state index < -0.39 is 0 Å². The first-order chi connectivity index (χ1) is 11.5. The van der Waals surface area contributed by atoms with Gasteiger partial charge in [0.05, 0.1) is 11.7 Å². The van der Waals surface area contributed by atoms with Crippen LogP contribution >= 0.6 is 22.7 Å². The summed E-state index contributed by atoms with van der Waals surface area (Å²) in [5.41, 5.74) is 2.07. The molecule has 7 heteroatoms. The Hall–Kier alpha value is -1.99. The molecule has 0 aliphatic carbocycles. The van der Waals surface area contributed by atoms with Crippen molar-refractivity contribution in [3.8, 4) is 0 Å². The van der Waals surface area contributed by atoms with Gasteiger partial charge in [0.1, 0.15) is 11.4 Å². The van der Waals surface area contributed by atoms with E-state index in [1.165, 1.54) is 32.7 Å². The van der Waals surface area contributed by atoms with Crippen LogP contribution in [0.15, 0.2) is 22.6 Å². The van der Waals surface area contributed by atoms with Gasteiger partial charge in [0.2, 0.25) is 5.91 Å². The third-order valence-electron chi connectivity index (χ3n) is 4.62. The zero-order valence-electron chi connectivity index (χ0n) is 13.5. The molecule has 3 aromatic heterocycles. The summed E-state index contributed by atoms with van der Waals surface area (Å²) in [7, 11) is 0. The predicted molar refractivity (Wildman–Crippen MR) is 96.8 cm³/mol. The Morgan fingerprint density at radius 2 is 2.21 bits per heavy atom. The van der Waals surface area contributed by atoms with Crippen molar-refractivity contribution in [1.29, 1.82) is 0 Å². The lowest BCUT2D eigenvalue weighted by Crippen LogP contribution is -2.39. The van der Waals surface area contributed by atoms with E-state index in [0.717, 1.165) is 21.7 Å². The molecule has 0 unspecified atom stereocenters. The number of carbonyl (C=O) groups is 1. The standard InChI is InChI=1S/C17H17N3O2S2/c1-10-11(2)24-16-15(10)17(22)20(9-18-16)8-14(21)19-5-3-13-12(7-19)4-6-23-13/h4,6,9H,3,5,7-8H2,1-2H3. The van der Waals surface area contributed by atoms with Crippen LogP contribution in [-0.2, 0) is 24.3 Å². The fraction of sp³-hybridized carbons (Fsp3) is 0.353. The zero-order valence-corrected chi connectivity index (χ0v) is 15.2. The maximum Gasteiger partial charge on any atom is 0.262 e. The number of hydrogen-bond acceptors (Lipinski definition) is 5. The van der Waals surface area contributed by atoms with Crippen molar-refractivity contribution in [2.45, 2.75) is 33.4 Å². The molecular weight excluding hydrogens is 342 g/mol. The Morgan fingerprint density at radius 3 is 3.04 bits per heavy atom. The topological polar surface area (TPSA) is 55.2 Å². The van der Waals surface area contributed by atoms with Crippen LogP contribution in [0, 0.1) is 13.8 Å². The predicted octanol–water partition coefficient (Wildman–Crippen LogP) is 2.72. The molecule has 0 aromatic carbocycles. The van der Waals surface area contributed by atoms with Crippen molar-refractivity contribution < 1.29 is 4.79 Å². The molecule has 24 heavy (non-hydrogen) atoms. The van der Waals surface area contributed by atoms with Crippen molar-refractivity contribution in [3.05, 3.63) is 49.0 Å². The minimum absolute atomic E-state index is 0.0281. The third-order valence-corrected chi connectivity index (χ3v) is 6.76. The second-order valence-corrected chi connectivity index (χ2v) is 8.28. The Balaban J connectivity index is 1.60. The number of carbonyl (C=O) groups excluding carboxylic acids is 1. The fourth-order valence-electron chi connectivity index (χ4n) is 3.09. The van der Waals surface area contributed by atoms with Gasteiger partial charge < -0.3 is 4.90 Å². The first-order valence-electron chi connectivity index (χ1n) is 7.82. The highest BCUT2D eigenvalue weighted by atomic mass is 32.1. The van der Waals surface area contributed by atoms with Gasteiger partial charge >= 0.3 is 0 Å². The number of amides is 1. The largest absolute Gasteiger partial charge is 0.336 e. The van der Waals surface area contributed by atoms with Gasteiger partial charge in [-0.1, -0.05) is 0 Å². The number of aryl methyl sites for hydroxylation is 2. The molecule has 0 spiro atoms. The van der Waals surface area contributed by atoms with Crippen molar-refractivity contribution in [2.75, 3.05) is 6.54 Å². The molecule has 0 saturated carbocycles. The van der Waals surface area contributed by atoms with Gasteiger partial charge in [0.15, 0.2) is 0 Å².